The number of hydrogen-bond donors (Lipinski definition) is 1. The highest BCUT2D eigenvalue weighted by molar-refractivity contribution is 7.98. The highest BCUT2D eigenvalue weighted by atomic mass is 32.2. The molecule has 1 heterocycles. The van der Waals surface area contributed by atoms with Gasteiger partial charge in [-0.3, -0.25) is 4.79 Å². The fraction of sp³-hybridized carbons (Fsp3) is 0.381. The standard InChI is InChI=1S/C21H25NO3S/c1-26-18-9-7-16(8-10-18)13-21(23)22-19-11-12-24-15-20(19)25-14-17-5-3-2-4-6-17/h2-10,19-20H,11-15H2,1H3,(H,22,23). The summed E-state index contributed by atoms with van der Waals surface area (Å²) in [5, 5.41) is 3.13. The van der Waals surface area contributed by atoms with Gasteiger partial charge in [0.1, 0.15) is 6.10 Å². The van der Waals surface area contributed by atoms with Gasteiger partial charge in [0.2, 0.25) is 5.91 Å². The molecule has 1 aliphatic rings. The Morgan fingerprint density at radius 1 is 1.15 bits per heavy atom. The van der Waals surface area contributed by atoms with Crippen LogP contribution in [-0.2, 0) is 27.3 Å². The van der Waals surface area contributed by atoms with Crippen LogP contribution in [0.1, 0.15) is 17.5 Å². The highest BCUT2D eigenvalue weighted by Crippen LogP contribution is 2.16. The molecule has 1 fully saturated rings. The third-order valence-electron chi connectivity index (χ3n) is 4.48. The number of nitrogens with one attached hydrogen (secondary N) is 1. The molecule has 2 aromatic carbocycles. The molecule has 2 atom stereocenters. The van der Waals surface area contributed by atoms with Crippen LogP contribution < -0.4 is 5.32 Å². The molecule has 4 nitrogen and oxygen atoms in total. The van der Waals surface area contributed by atoms with E-state index in [1.165, 1.54) is 4.90 Å². The number of carbonyl (C=O) groups excluding carboxylic acids is 1. The summed E-state index contributed by atoms with van der Waals surface area (Å²) in [5.41, 5.74) is 2.14. The van der Waals surface area contributed by atoms with Crippen LogP contribution in [0.15, 0.2) is 59.5 Å². The maximum atomic E-state index is 12.4. The van der Waals surface area contributed by atoms with E-state index >= 15 is 0 Å². The van der Waals surface area contributed by atoms with Crippen molar-refractivity contribution in [1.82, 2.24) is 5.32 Å². The molecular formula is C21H25NO3S. The normalized spacial score (nSPS) is 19.9. The van der Waals surface area contributed by atoms with E-state index in [9.17, 15) is 4.79 Å². The monoisotopic (exact) mass is 371 g/mol. The first-order valence-electron chi connectivity index (χ1n) is 8.90. The van der Waals surface area contributed by atoms with E-state index in [-0.39, 0.29) is 18.1 Å². The zero-order valence-corrected chi connectivity index (χ0v) is 15.8. The lowest BCUT2D eigenvalue weighted by atomic mass is 10.0. The summed E-state index contributed by atoms with van der Waals surface area (Å²) in [7, 11) is 0. The summed E-state index contributed by atoms with van der Waals surface area (Å²) in [4.78, 5) is 13.6. The Hall–Kier alpha value is -1.82. The van der Waals surface area contributed by atoms with Gasteiger partial charge in [-0.1, -0.05) is 42.5 Å². The lowest BCUT2D eigenvalue weighted by Crippen LogP contribution is -2.50. The molecule has 0 bridgehead atoms. The van der Waals surface area contributed by atoms with Crippen molar-refractivity contribution in [3.05, 3.63) is 65.7 Å². The number of ether oxygens (including phenoxy) is 2. The molecule has 3 rings (SSSR count). The molecule has 1 amide bonds. The quantitative estimate of drug-likeness (QED) is 0.758. The van der Waals surface area contributed by atoms with Crippen LogP contribution in [0.25, 0.3) is 0 Å². The van der Waals surface area contributed by atoms with Crippen LogP contribution >= 0.6 is 11.8 Å². The van der Waals surface area contributed by atoms with E-state index in [2.05, 4.69) is 5.32 Å². The molecule has 1 N–H and O–H groups in total. The van der Waals surface area contributed by atoms with Gasteiger partial charge in [-0.05, 0) is 35.9 Å². The smallest absolute Gasteiger partial charge is 0.224 e. The average Bonchev–Trinajstić information content (AvgIpc) is 2.68. The van der Waals surface area contributed by atoms with Crippen molar-refractivity contribution in [3.63, 3.8) is 0 Å². The summed E-state index contributed by atoms with van der Waals surface area (Å²) in [6, 6.07) is 18.2. The number of hydrogen-bond acceptors (Lipinski definition) is 4. The van der Waals surface area contributed by atoms with Crippen LogP contribution in [-0.4, -0.2) is 37.5 Å². The van der Waals surface area contributed by atoms with Gasteiger partial charge in [0.05, 0.1) is 25.7 Å². The van der Waals surface area contributed by atoms with E-state index in [1.54, 1.807) is 11.8 Å². The Morgan fingerprint density at radius 2 is 1.92 bits per heavy atom. The molecule has 0 radical (unpaired) electrons. The molecule has 5 heteroatoms. The Kier molecular flexibility index (Phi) is 7.12. The molecule has 1 aliphatic heterocycles. The minimum Gasteiger partial charge on any atom is -0.379 e. The fourth-order valence-corrected chi connectivity index (χ4v) is 3.41. The van der Waals surface area contributed by atoms with Gasteiger partial charge in [-0.2, -0.15) is 0 Å². The molecule has 0 saturated carbocycles. The van der Waals surface area contributed by atoms with Crippen molar-refractivity contribution in [2.24, 2.45) is 0 Å². The first-order valence-corrected chi connectivity index (χ1v) is 10.1. The topological polar surface area (TPSA) is 47.6 Å². The van der Waals surface area contributed by atoms with Crippen LogP contribution in [0.5, 0.6) is 0 Å². The Labute approximate surface area is 159 Å². The van der Waals surface area contributed by atoms with E-state index < -0.39 is 0 Å². The summed E-state index contributed by atoms with van der Waals surface area (Å²) in [6.45, 7) is 1.69. The average molecular weight is 372 g/mol. The lowest BCUT2D eigenvalue weighted by molar-refractivity contribution is -0.126. The van der Waals surface area contributed by atoms with E-state index in [0.29, 0.717) is 26.2 Å². The predicted molar refractivity (Wildman–Crippen MR) is 104 cm³/mol. The van der Waals surface area contributed by atoms with Gasteiger partial charge in [0, 0.05) is 11.5 Å². The summed E-state index contributed by atoms with van der Waals surface area (Å²) in [6.07, 6.45) is 3.09. The largest absolute Gasteiger partial charge is 0.379 e. The number of carbonyl (C=O) groups is 1. The molecule has 2 unspecified atom stereocenters. The molecule has 26 heavy (non-hydrogen) atoms. The van der Waals surface area contributed by atoms with Crippen LogP contribution in [0.3, 0.4) is 0 Å². The highest BCUT2D eigenvalue weighted by Gasteiger charge is 2.28. The molecule has 0 aromatic heterocycles. The Bertz CT molecular complexity index is 690. The second kappa shape index (κ2) is 9.76. The molecule has 2 aromatic rings. The third kappa shape index (κ3) is 5.59. The second-order valence-corrected chi connectivity index (χ2v) is 7.28. The second-order valence-electron chi connectivity index (χ2n) is 6.40. The number of amides is 1. The molecule has 0 spiro atoms. The minimum absolute atomic E-state index is 0.00886. The first-order chi connectivity index (χ1) is 12.7. The van der Waals surface area contributed by atoms with Gasteiger partial charge in [0.15, 0.2) is 0 Å². The maximum absolute atomic E-state index is 12.4. The minimum atomic E-state index is -0.119. The maximum Gasteiger partial charge on any atom is 0.224 e. The van der Waals surface area contributed by atoms with Crippen molar-refractivity contribution >= 4 is 17.7 Å². The van der Waals surface area contributed by atoms with Crippen LogP contribution in [0.4, 0.5) is 0 Å². The van der Waals surface area contributed by atoms with E-state index in [0.717, 1.165) is 17.5 Å². The van der Waals surface area contributed by atoms with Gasteiger partial charge < -0.3 is 14.8 Å². The van der Waals surface area contributed by atoms with Gasteiger partial charge in [-0.15, -0.1) is 11.8 Å². The van der Waals surface area contributed by atoms with Crippen molar-refractivity contribution in [3.8, 4) is 0 Å². The van der Waals surface area contributed by atoms with Crippen molar-refractivity contribution in [2.45, 2.75) is 36.5 Å². The van der Waals surface area contributed by atoms with Gasteiger partial charge in [-0.25, -0.2) is 0 Å². The van der Waals surface area contributed by atoms with Crippen molar-refractivity contribution in [1.29, 1.82) is 0 Å². The van der Waals surface area contributed by atoms with Crippen molar-refractivity contribution in [2.75, 3.05) is 19.5 Å². The summed E-state index contributed by atoms with van der Waals surface area (Å²) < 4.78 is 11.6. The third-order valence-corrected chi connectivity index (χ3v) is 5.22. The Balaban J connectivity index is 1.52. The number of rotatable bonds is 7. The van der Waals surface area contributed by atoms with Crippen molar-refractivity contribution < 1.29 is 14.3 Å². The first kappa shape index (κ1) is 19.0. The van der Waals surface area contributed by atoms with Gasteiger partial charge in [0.25, 0.3) is 0 Å². The molecule has 0 aliphatic carbocycles. The number of thioether (sulfide) groups is 1. The lowest BCUT2D eigenvalue weighted by Gasteiger charge is -2.32. The van der Waals surface area contributed by atoms with Gasteiger partial charge >= 0.3 is 0 Å². The summed E-state index contributed by atoms with van der Waals surface area (Å²) in [5.74, 6) is 0.0297. The SMILES string of the molecule is CSc1ccc(CC(=O)NC2CCOCC2OCc2ccccc2)cc1. The van der Waals surface area contributed by atoms with Crippen LogP contribution in [0.2, 0.25) is 0 Å². The zero-order valence-electron chi connectivity index (χ0n) is 15.0. The number of benzene rings is 2. The molecule has 138 valence electrons. The fourth-order valence-electron chi connectivity index (χ4n) is 3.01. The predicted octanol–water partition coefficient (Wildman–Crippen LogP) is 3.44. The molecule has 1 saturated heterocycles. The van der Waals surface area contributed by atoms with E-state index in [4.69, 9.17) is 9.47 Å². The Morgan fingerprint density at radius 3 is 2.65 bits per heavy atom. The van der Waals surface area contributed by atoms with Crippen LogP contribution in [0, 0.1) is 0 Å². The summed E-state index contributed by atoms with van der Waals surface area (Å²) >= 11 is 1.70. The molecular weight excluding hydrogens is 346 g/mol. The zero-order chi connectivity index (χ0) is 18.2. The van der Waals surface area contributed by atoms with E-state index in [1.807, 2.05) is 60.9 Å².